The van der Waals surface area contributed by atoms with Crippen LogP contribution in [0.15, 0.2) is 28.7 Å². The standard InChI is InChI=1S/C12H16BrN/c1-10-4-3-7-14(9-10)12-6-2-5-11(13)8-12/h2,5-6,8,10H,3-4,7,9H2,1H3/i1D3,3D2,4D2,7D2,9D2,10D. The van der Waals surface area contributed by atoms with E-state index in [4.69, 9.17) is 16.4 Å². The average Bonchev–Trinajstić information content (AvgIpc) is 2.42. The normalized spacial score (nSPS) is 55.6. The van der Waals surface area contributed by atoms with E-state index in [-0.39, 0.29) is 10.6 Å². The molecule has 0 N–H and O–H groups in total. The van der Waals surface area contributed by atoms with Crippen molar-refractivity contribution in [2.45, 2.75) is 19.6 Å². The number of piperidine rings is 1. The van der Waals surface area contributed by atoms with E-state index in [1.807, 2.05) is 0 Å². The first-order valence-corrected chi connectivity index (χ1v) is 4.72. The largest absolute Gasteiger partial charge is 0.371 e. The molecular formula is C12H16BrN. The lowest BCUT2D eigenvalue weighted by molar-refractivity contribution is 0.447. The molecule has 0 saturated carbocycles. The lowest BCUT2D eigenvalue weighted by Crippen LogP contribution is -2.34. The fourth-order valence-electron chi connectivity index (χ4n) is 1.06. The predicted octanol–water partition coefficient (Wildman–Crippen LogP) is 3.69. The van der Waals surface area contributed by atoms with Crippen LogP contribution in [0.1, 0.15) is 36.0 Å². The molecule has 1 atom stereocenters. The van der Waals surface area contributed by atoms with Gasteiger partial charge in [0.15, 0.2) is 0 Å². The van der Waals surface area contributed by atoms with Crippen LogP contribution in [0.25, 0.3) is 0 Å². The lowest BCUT2D eigenvalue weighted by Gasteiger charge is -2.32. The molecular weight excluding hydrogens is 238 g/mol. The number of benzene rings is 1. The summed E-state index contributed by atoms with van der Waals surface area (Å²) >= 11 is 3.13. The quantitative estimate of drug-likeness (QED) is 0.749. The fraction of sp³-hybridized carbons (Fsp3) is 0.500. The van der Waals surface area contributed by atoms with E-state index < -0.39 is 38.5 Å². The van der Waals surface area contributed by atoms with E-state index in [2.05, 4.69) is 15.9 Å². The van der Waals surface area contributed by atoms with Gasteiger partial charge in [0.1, 0.15) is 0 Å². The van der Waals surface area contributed by atoms with Crippen LogP contribution >= 0.6 is 15.9 Å². The molecule has 2 heteroatoms. The summed E-state index contributed by atoms with van der Waals surface area (Å²) in [7, 11) is 0. The van der Waals surface area contributed by atoms with Gasteiger partial charge in [0.05, 0.1) is 0 Å². The molecule has 14 heavy (non-hydrogen) atoms. The molecule has 1 unspecified atom stereocenters. The highest BCUT2D eigenvalue weighted by atomic mass is 79.9. The second kappa shape index (κ2) is 4.35. The molecule has 0 radical (unpaired) electrons. The summed E-state index contributed by atoms with van der Waals surface area (Å²) in [4.78, 5) is 0.214. The van der Waals surface area contributed by atoms with E-state index in [1.54, 1.807) is 6.07 Å². The van der Waals surface area contributed by atoms with Gasteiger partial charge in [-0.05, 0) is 36.8 Å². The number of hydrogen-bond acceptors (Lipinski definition) is 1. The summed E-state index contributed by atoms with van der Waals surface area (Å²) in [5, 5.41) is 0. The van der Waals surface area contributed by atoms with E-state index in [9.17, 15) is 0 Å². The summed E-state index contributed by atoms with van der Waals surface area (Å²) in [6, 6.07) is 5.43. The second-order valence-corrected chi connectivity index (χ2v) is 3.58. The Bertz CT molecular complexity index is 714. The Hall–Kier alpha value is -0.500. The van der Waals surface area contributed by atoms with Crippen molar-refractivity contribution >= 4 is 21.6 Å². The Kier molecular flexibility index (Phi) is 0.933. The van der Waals surface area contributed by atoms with Crippen molar-refractivity contribution < 1.29 is 16.4 Å². The SMILES string of the molecule is [2H]C([2H])([2H])C1([2H])C([2H])([2H])N(c2cccc(Br)c2)C([2H])([2H])C([2H])([2H])C1([2H])[2H]. The van der Waals surface area contributed by atoms with Gasteiger partial charge in [0.2, 0.25) is 0 Å². The minimum atomic E-state index is -3.68. The number of nitrogens with zero attached hydrogens (tertiary/aromatic N) is 1. The van der Waals surface area contributed by atoms with Gasteiger partial charge in [-0.15, -0.1) is 0 Å². The maximum absolute atomic E-state index is 8.27. The molecule has 0 amide bonds. The molecule has 0 spiro atoms. The van der Waals surface area contributed by atoms with Crippen LogP contribution in [-0.2, 0) is 0 Å². The fourth-order valence-corrected chi connectivity index (χ4v) is 1.45. The molecule has 0 aliphatic carbocycles. The first-order chi connectivity index (χ1) is 11.4. The van der Waals surface area contributed by atoms with Crippen molar-refractivity contribution in [3.8, 4) is 0 Å². The Morgan fingerprint density at radius 3 is 3.43 bits per heavy atom. The van der Waals surface area contributed by atoms with E-state index in [0.29, 0.717) is 4.47 Å². The van der Waals surface area contributed by atoms with E-state index in [1.165, 1.54) is 18.2 Å². The molecule has 1 heterocycles. The Labute approximate surface area is 111 Å². The molecule has 1 aliphatic rings. The molecule has 1 fully saturated rings. The molecule has 1 nitrogen and oxygen atoms in total. The van der Waals surface area contributed by atoms with E-state index in [0.717, 1.165) is 0 Å². The van der Waals surface area contributed by atoms with Crippen LogP contribution in [0.3, 0.4) is 0 Å². The smallest absolute Gasteiger partial charge is 0.0496 e. The van der Waals surface area contributed by atoms with E-state index >= 15 is 0 Å². The predicted molar refractivity (Wildman–Crippen MR) is 64.8 cm³/mol. The minimum absolute atomic E-state index is 0.214. The Balaban J connectivity index is 2.93. The van der Waals surface area contributed by atoms with Crippen LogP contribution in [0.5, 0.6) is 0 Å². The second-order valence-electron chi connectivity index (χ2n) is 2.66. The highest BCUT2D eigenvalue weighted by molar-refractivity contribution is 9.10. The zero-order chi connectivity index (χ0) is 20.6. The van der Waals surface area contributed by atoms with Gasteiger partial charge in [0.25, 0.3) is 0 Å². The van der Waals surface area contributed by atoms with Crippen LogP contribution < -0.4 is 4.90 Å². The molecule has 1 aromatic rings. The first kappa shape index (κ1) is 3.00. The monoisotopic (exact) mass is 265 g/mol. The third kappa shape index (κ3) is 2.30. The van der Waals surface area contributed by atoms with Gasteiger partial charge in [-0.1, -0.05) is 28.8 Å². The molecule has 1 aliphatic heterocycles. The summed E-state index contributed by atoms with van der Waals surface area (Å²) in [5.74, 6) is -3.62. The average molecular weight is 266 g/mol. The Morgan fingerprint density at radius 1 is 1.71 bits per heavy atom. The molecule has 1 aromatic carbocycles. The molecule has 2 rings (SSSR count). The van der Waals surface area contributed by atoms with Crippen molar-refractivity contribution in [3.63, 3.8) is 0 Å². The van der Waals surface area contributed by atoms with Crippen LogP contribution in [0.2, 0.25) is 0 Å². The third-order valence-electron chi connectivity index (χ3n) is 1.65. The summed E-state index contributed by atoms with van der Waals surface area (Å²) < 4.78 is 96.2. The zero-order valence-corrected chi connectivity index (χ0v) is 8.72. The van der Waals surface area contributed by atoms with Gasteiger partial charge < -0.3 is 4.90 Å². The van der Waals surface area contributed by atoms with Crippen molar-refractivity contribution in [2.75, 3.05) is 17.9 Å². The maximum Gasteiger partial charge on any atom is 0.0496 e. The molecule has 1 saturated heterocycles. The lowest BCUT2D eigenvalue weighted by atomic mass is 10.00. The van der Waals surface area contributed by atoms with Gasteiger partial charge in [-0.2, -0.15) is 0 Å². The molecule has 0 bridgehead atoms. The third-order valence-corrected chi connectivity index (χ3v) is 2.14. The van der Waals surface area contributed by atoms with Gasteiger partial charge in [0, 0.05) is 39.6 Å². The Morgan fingerprint density at radius 2 is 2.64 bits per heavy atom. The van der Waals surface area contributed by atoms with Crippen molar-refractivity contribution in [1.29, 1.82) is 0 Å². The molecule has 76 valence electrons. The maximum atomic E-state index is 8.27. The minimum Gasteiger partial charge on any atom is -0.371 e. The number of anilines is 1. The van der Waals surface area contributed by atoms with Gasteiger partial charge in [-0.3, -0.25) is 0 Å². The van der Waals surface area contributed by atoms with Crippen LogP contribution in [0.4, 0.5) is 5.69 Å². The van der Waals surface area contributed by atoms with Crippen LogP contribution in [0, 0.1) is 5.89 Å². The van der Waals surface area contributed by atoms with Crippen molar-refractivity contribution in [3.05, 3.63) is 28.7 Å². The first-order valence-electron chi connectivity index (χ1n) is 9.93. The number of hydrogen-bond donors (Lipinski definition) is 0. The van der Waals surface area contributed by atoms with Crippen molar-refractivity contribution in [2.24, 2.45) is 5.89 Å². The number of halogens is 1. The highest BCUT2D eigenvalue weighted by Gasteiger charge is 2.16. The summed E-state index contributed by atoms with van der Waals surface area (Å²) in [6.45, 7) is -10.3. The van der Waals surface area contributed by atoms with Gasteiger partial charge in [-0.25, -0.2) is 0 Å². The van der Waals surface area contributed by atoms with Gasteiger partial charge >= 0.3 is 0 Å². The highest BCUT2D eigenvalue weighted by Crippen LogP contribution is 2.25. The number of rotatable bonds is 1. The zero-order valence-electron chi connectivity index (χ0n) is 19.1. The van der Waals surface area contributed by atoms with Crippen molar-refractivity contribution in [1.82, 2.24) is 0 Å². The summed E-state index contributed by atoms with van der Waals surface area (Å²) in [6.07, 6.45) is -7.20. The molecule has 0 aromatic heterocycles. The summed E-state index contributed by atoms with van der Waals surface area (Å²) in [5.41, 5.74) is -0.227. The topological polar surface area (TPSA) is 3.24 Å². The van der Waals surface area contributed by atoms with Crippen LogP contribution in [-0.4, -0.2) is 13.0 Å².